The standard InChI is InChI=1S/C22H29FO5.C17H27NO4/c1-12-8-16-15-5-4-13-9-14(25)6-7-19(13,2)21(15,23)17(26)10-20(16,3)22(12,28)18(27)11-24;1-17(2,3)18-9-12(19)10-22-16-6-4-5-11-7-14(20)15(21)8-13(11)16/h6-7,9,12,15-17,24,26,28H,4-5,8,10-11H2,1-3H3;4-6,12,14-15,18-21H,7-10H2,1-3H3/t12-,15+,16+,17+,19+,20+,21+,22+;12?,14-,15+/m11/s1. The van der Waals surface area contributed by atoms with Crippen molar-refractivity contribution in [2.24, 2.45) is 28.6 Å². The van der Waals surface area contributed by atoms with Crippen molar-refractivity contribution >= 4 is 11.6 Å². The Bertz CT molecular complexity index is 1520. The van der Waals surface area contributed by atoms with E-state index in [0.717, 1.165) is 11.1 Å². The van der Waals surface area contributed by atoms with Gasteiger partial charge in [0.2, 0.25) is 0 Å². The van der Waals surface area contributed by atoms with Gasteiger partial charge in [-0.1, -0.05) is 37.6 Å². The molecule has 0 amide bonds. The molecule has 50 heavy (non-hydrogen) atoms. The van der Waals surface area contributed by atoms with Gasteiger partial charge >= 0.3 is 0 Å². The van der Waals surface area contributed by atoms with E-state index in [2.05, 4.69) is 5.32 Å². The van der Waals surface area contributed by atoms with Gasteiger partial charge in [0.25, 0.3) is 0 Å². The molecule has 7 N–H and O–H groups in total. The molecule has 0 spiro atoms. The van der Waals surface area contributed by atoms with Crippen molar-refractivity contribution in [1.82, 2.24) is 5.32 Å². The largest absolute Gasteiger partial charge is 0.491 e. The van der Waals surface area contributed by atoms with Crippen LogP contribution in [0.1, 0.15) is 78.4 Å². The lowest BCUT2D eigenvalue weighted by Gasteiger charge is -2.62. The third-order valence-corrected chi connectivity index (χ3v) is 12.6. The number of ketones is 2. The van der Waals surface area contributed by atoms with Gasteiger partial charge in [-0.25, -0.2) is 4.39 Å². The first-order valence-electron chi connectivity index (χ1n) is 17.9. The summed E-state index contributed by atoms with van der Waals surface area (Å²) in [6.45, 7) is 11.3. The Morgan fingerprint density at radius 3 is 2.46 bits per heavy atom. The van der Waals surface area contributed by atoms with Crippen LogP contribution in [-0.2, 0) is 22.4 Å². The second-order valence-corrected chi connectivity index (χ2v) is 16.8. The molecule has 0 saturated heterocycles. The number of allylic oxidation sites excluding steroid dienone is 4. The van der Waals surface area contributed by atoms with Crippen molar-refractivity contribution in [2.75, 3.05) is 19.8 Å². The fourth-order valence-corrected chi connectivity index (χ4v) is 9.81. The second-order valence-electron chi connectivity index (χ2n) is 16.8. The molecule has 1 unspecified atom stereocenters. The number of carbonyl (C=O) groups is 2. The van der Waals surface area contributed by atoms with Gasteiger partial charge < -0.3 is 40.7 Å². The van der Waals surface area contributed by atoms with Crippen molar-refractivity contribution in [3.8, 4) is 5.75 Å². The second kappa shape index (κ2) is 13.8. The monoisotopic (exact) mass is 701 g/mol. The Morgan fingerprint density at radius 1 is 1.12 bits per heavy atom. The maximum Gasteiger partial charge on any atom is 0.190 e. The number of hydrogen-bond donors (Lipinski definition) is 7. The number of hydrogen-bond acceptors (Lipinski definition) is 10. The summed E-state index contributed by atoms with van der Waals surface area (Å²) in [4.78, 5) is 24.4. The molecule has 5 aliphatic rings. The minimum absolute atomic E-state index is 0.0485. The highest BCUT2D eigenvalue weighted by molar-refractivity contribution is 6.01. The van der Waals surface area contributed by atoms with E-state index in [-0.39, 0.29) is 30.3 Å². The van der Waals surface area contributed by atoms with Gasteiger partial charge in [-0.3, -0.25) is 9.59 Å². The molecule has 3 saturated carbocycles. The number of carbonyl (C=O) groups excluding carboxylic acids is 2. The molecule has 11 atom stereocenters. The zero-order valence-corrected chi connectivity index (χ0v) is 30.2. The van der Waals surface area contributed by atoms with Gasteiger partial charge in [0, 0.05) is 47.2 Å². The van der Waals surface area contributed by atoms with E-state index in [0.29, 0.717) is 50.0 Å². The number of aliphatic hydroxyl groups excluding tert-OH is 5. The van der Waals surface area contributed by atoms with Crippen LogP contribution in [0.4, 0.5) is 4.39 Å². The maximum atomic E-state index is 16.9. The van der Waals surface area contributed by atoms with Gasteiger partial charge in [0.15, 0.2) is 17.2 Å². The zero-order valence-electron chi connectivity index (χ0n) is 30.2. The molecule has 0 bridgehead atoms. The van der Waals surface area contributed by atoms with Crippen molar-refractivity contribution < 1.29 is 49.4 Å². The zero-order chi connectivity index (χ0) is 37.0. The number of rotatable bonds is 7. The number of halogens is 1. The quantitative estimate of drug-likeness (QED) is 0.224. The first-order valence-corrected chi connectivity index (χ1v) is 17.9. The van der Waals surface area contributed by atoms with Crippen LogP contribution in [0.2, 0.25) is 0 Å². The van der Waals surface area contributed by atoms with Gasteiger partial charge in [-0.2, -0.15) is 0 Å². The summed E-state index contributed by atoms with van der Waals surface area (Å²) >= 11 is 0. The molecule has 278 valence electrons. The minimum atomic E-state index is -1.98. The number of benzene rings is 1. The summed E-state index contributed by atoms with van der Waals surface area (Å²) in [6.07, 6.45) is 3.17. The minimum Gasteiger partial charge on any atom is -0.491 e. The average molecular weight is 702 g/mol. The van der Waals surface area contributed by atoms with Crippen LogP contribution in [0.3, 0.4) is 0 Å². The lowest BCUT2D eigenvalue weighted by molar-refractivity contribution is -0.219. The molecule has 0 aromatic heterocycles. The summed E-state index contributed by atoms with van der Waals surface area (Å²) in [5, 5.41) is 64.8. The number of aliphatic hydroxyl groups is 6. The van der Waals surface area contributed by atoms with E-state index in [1.165, 1.54) is 12.2 Å². The molecule has 0 heterocycles. The van der Waals surface area contributed by atoms with Gasteiger partial charge in [0.1, 0.15) is 30.7 Å². The van der Waals surface area contributed by atoms with Crippen LogP contribution in [0.5, 0.6) is 5.75 Å². The first-order chi connectivity index (χ1) is 23.2. The van der Waals surface area contributed by atoms with Crippen molar-refractivity contribution in [3.63, 3.8) is 0 Å². The Hall–Kier alpha value is -2.51. The number of ether oxygens (including phenoxy) is 1. The number of Topliss-reactive ketones (excluding diaryl/α,β-unsaturated/α-hetero) is 1. The summed E-state index contributed by atoms with van der Waals surface area (Å²) in [5.74, 6) is -1.44. The Labute approximate surface area is 294 Å². The molecular formula is C39H56FNO9. The van der Waals surface area contributed by atoms with E-state index >= 15 is 4.39 Å². The van der Waals surface area contributed by atoms with E-state index in [1.54, 1.807) is 26.8 Å². The highest BCUT2D eigenvalue weighted by Crippen LogP contribution is 2.70. The molecular weight excluding hydrogens is 645 g/mol. The Kier molecular flexibility index (Phi) is 10.7. The normalized spacial score (nSPS) is 39.5. The smallest absolute Gasteiger partial charge is 0.190 e. The summed E-state index contributed by atoms with van der Waals surface area (Å²) in [5.41, 5.74) is -3.29. The van der Waals surface area contributed by atoms with Crippen molar-refractivity contribution in [2.45, 2.75) is 121 Å². The average Bonchev–Trinajstić information content (AvgIpc) is 3.25. The van der Waals surface area contributed by atoms with Crippen LogP contribution in [0.25, 0.3) is 0 Å². The molecule has 3 fully saturated rings. The van der Waals surface area contributed by atoms with Crippen LogP contribution in [0.15, 0.2) is 42.0 Å². The number of nitrogens with one attached hydrogen (secondary N) is 1. The van der Waals surface area contributed by atoms with Gasteiger partial charge in [-0.05, 0) is 89.0 Å². The van der Waals surface area contributed by atoms with Crippen molar-refractivity contribution in [3.05, 3.63) is 53.1 Å². The molecule has 5 aliphatic carbocycles. The summed E-state index contributed by atoms with van der Waals surface area (Å²) < 4.78 is 22.6. The van der Waals surface area contributed by atoms with E-state index in [4.69, 9.17) is 4.74 Å². The lowest BCUT2D eigenvalue weighted by Crippen LogP contribution is -2.69. The maximum absolute atomic E-state index is 16.9. The van der Waals surface area contributed by atoms with Crippen LogP contribution in [0, 0.1) is 28.6 Å². The lowest BCUT2D eigenvalue weighted by atomic mass is 9.44. The fourth-order valence-electron chi connectivity index (χ4n) is 9.81. The third kappa shape index (κ3) is 6.41. The molecule has 0 radical (unpaired) electrons. The van der Waals surface area contributed by atoms with E-state index in [9.17, 15) is 40.2 Å². The van der Waals surface area contributed by atoms with Crippen LogP contribution >= 0.6 is 0 Å². The first kappa shape index (κ1) is 38.7. The number of fused-ring (bicyclic) bond motifs is 6. The highest BCUT2D eigenvalue weighted by atomic mass is 19.1. The Balaban J connectivity index is 0.000000201. The summed E-state index contributed by atoms with van der Waals surface area (Å²) in [7, 11) is 0. The van der Waals surface area contributed by atoms with Gasteiger partial charge in [0.05, 0.1) is 18.3 Å². The van der Waals surface area contributed by atoms with Crippen LogP contribution < -0.4 is 10.1 Å². The highest BCUT2D eigenvalue weighted by Gasteiger charge is 2.75. The molecule has 6 rings (SSSR count). The van der Waals surface area contributed by atoms with Gasteiger partial charge in [-0.15, -0.1) is 0 Å². The Morgan fingerprint density at radius 2 is 1.80 bits per heavy atom. The third-order valence-electron chi connectivity index (χ3n) is 12.6. The predicted octanol–water partition coefficient (Wildman–Crippen LogP) is 2.53. The molecule has 1 aromatic rings. The number of alkyl halides is 1. The molecule has 1 aromatic carbocycles. The fraction of sp³-hybridized carbons (Fsp3) is 0.692. The topological polar surface area (TPSA) is 177 Å². The summed E-state index contributed by atoms with van der Waals surface area (Å²) in [6, 6.07) is 5.65. The number of β-amino-alcohol motifs (C(OH)–C–C–N with tert-alkyl or cyclic N) is 1. The molecule has 10 nitrogen and oxygen atoms in total. The predicted molar refractivity (Wildman–Crippen MR) is 185 cm³/mol. The molecule has 0 aliphatic heterocycles. The van der Waals surface area contributed by atoms with E-state index in [1.807, 2.05) is 39.0 Å². The SMILES string of the molecule is CC(C)(C)NCC(O)COc1cccc2c1C[C@H](O)[C@H](O)C2.C[C@@H]1C[C@H]2[C@@H]3CCC4=CC(=O)C=C[C@]4(C)[C@@]3(F)[C@@H](O)C[C@]2(C)[C@@]1(O)C(=O)CO. The van der Waals surface area contributed by atoms with E-state index < -0.39 is 70.7 Å². The van der Waals surface area contributed by atoms with Crippen LogP contribution in [-0.4, -0.2) is 103 Å². The van der Waals surface area contributed by atoms with Crippen molar-refractivity contribution in [1.29, 1.82) is 0 Å². The molecule has 11 heteroatoms.